The Labute approximate surface area is 255 Å². The second kappa shape index (κ2) is 9.45. The summed E-state index contributed by atoms with van der Waals surface area (Å²) in [5.41, 5.74) is 9.76. The molecule has 1 unspecified atom stereocenters. The van der Waals surface area contributed by atoms with Crippen LogP contribution in [0.15, 0.2) is 140 Å². The molecule has 2 aliphatic carbocycles. The number of halogens is 3. The van der Waals surface area contributed by atoms with Crippen LogP contribution in [0, 0.1) is 6.92 Å². The van der Waals surface area contributed by atoms with Gasteiger partial charge in [-0.25, -0.2) is 0 Å². The van der Waals surface area contributed by atoms with Gasteiger partial charge in [0, 0.05) is 0 Å². The predicted octanol–water partition coefficient (Wildman–Crippen LogP) is 9.08. The first-order valence-corrected chi connectivity index (χ1v) is 16.6. The summed E-state index contributed by atoms with van der Waals surface area (Å²) in [4.78, 5) is 0. The van der Waals surface area contributed by atoms with Gasteiger partial charge in [0.1, 0.15) is 0 Å². The standard InChI is InChI=1S/C40H28F3P/c1-26-15-19-28(20-16-26)44(2,29-21-17-27(18-22-29)40(41,42)43)30-23-24-34-33-11-5-8-14-37(33)39(38(34)25-30)35-12-6-3-9-31(35)32-10-4-7-13-36(32)39/h3-25H,2H2,1H3. The first kappa shape index (κ1) is 27.0. The largest absolute Gasteiger partial charge is 0.416 e. The molecule has 0 nitrogen and oxygen atoms in total. The van der Waals surface area contributed by atoms with Gasteiger partial charge in [0.05, 0.1) is 11.0 Å². The van der Waals surface area contributed by atoms with Crippen LogP contribution in [0.2, 0.25) is 0 Å². The second-order valence-corrected chi connectivity index (χ2v) is 15.0. The smallest absolute Gasteiger partial charge is 0.166 e. The highest BCUT2D eigenvalue weighted by molar-refractivity contribution is 7.93. The Bertz CT molecular complexity index is 2070. The molecule has 0 aliphatic heterocycles. The van der Waals surface area contributed by atoms with Crippen molar-refractivity contribution in [2.24, 2.45) is 0 Å². The molecule has 0 fully saturated rings. The second-order valence-electron chi connectivity index (χ2n) is 11.8. The summed E-state index contributed by atoms with van der Waals surface area (Å²) in [6.07, 6.45) is 0.507. The van der Waals surface area contributed by atoms with Crippen molar-refractivity contribution in [3.05, 3.63) is 173 Å². The molecule has 0 heterocycles. The Balaban J connectivity index is 1.43. The molecule has 6 aromatic rings. The lowest BCUT2D eigenvalue weighted by Crippen LogP contribution is -2.29. The SMILES string of the molecule is C=P(c1ccc(C)cc1)(c1ccc(C(F)(F)F)cc1)c1ccc2c(c1)C1(c3ccccc3-c3ccccc31)c1ccccc1-2. The number of fused-ring (bicyclic) bond motifs is 10. The molecule has 0 bridgehead atoms. The lowest BCUT2D eigenvalue weighted by molar-refractivity contribution is -0.137. The molecule has 0 amide bonds. The quantitative estimate of drug-likeness (QED) is 0.179. The van der Waals surface area contributed by atoms with Crippen molar-refractivity contribution in [1.29, 1.82) is 0 Å². The fourth-order valence-corrected chi connectivity index (χ4v) is 10.4. The average Bonchev–Trinajstić information content (AvgIpc) is 3.51. The molecule has 0 radical (unpaired) electrons. The molecule has 214 valence electrons. The van der Waals surface area contributed by atoms with Crippen LogP contribution in [-0.2, 0) is 11.6 Å². The first-order chi connectivity index (χ1) is 21.2. The molecule has 8 rings (SSSR count). The van der Waals surface area contributed by atoms with Crippen molar-refractivity contribution in [2.75, 3.05) is 0 Å². The van der Waals surface area contributed by atoms with Crippen LogP contribution in [0.1, 0.15) is 33.4 Å². The van der Waals surface area contributed by atoms with E-state index in [0.717, 1.165) is 21.5 Å². The highest BCUT2D eigenvalue weighted by Crippen LogP contribution is 2.63. The zero-order valence-electron chi connectivity index (χ0n) is 24.1. The summed E-state index contributed by atoms with van der Waals surface area (Å²) in [6.45, 7) is -0.551. The van der Waals surface area contributed by atoms with Crippen LogP contribution >= 0.6 is 6.89 Å². The normalized spacial score (nSPS) is 15.3. The fraction of sp³-hybridized carbons (Fsp3) is 0.0750. The molecule has 2 aliphatic rings. The lowest BCUT2D eigenvalue weighted by Gasteiger charge is -2.32. The summed E-state index contributed by atoms with van der Waals surface area (Å²) < 4.78 is 40.8. The van der Waals surface area contributed by atoms with Gasteiger partial charge in [-0.1, -0.05) is 133 Å². The van der Waals surface area contributed by atoms with E-state index in [9.17, 15) is 13.2 Å². The van der Waals surface area contributed by atoms with Gasteiger partial charge in [-0.15, -0.1) is 0 Å². The van der Waals surface area contributed by atoms with E-state index in [-0.39, 0.29) is 0 Å². The van der Waals surface area contributed by atoms with E-state index in [2.05, 4.69) is 115 Å². The van der Waals surface area contributed by atoms with E-state index in [1.54, 1.807) is 12.1 Å². The van der Waals surface area contributed by atoms with Crippen molar-refractivity contribution in [3.8, 4) is 22.3 Å². The minimum atomic E-state index is -4.40. The number of hydrogen-bond donors (Lipinski definition) is 0. The van der Waals surface area contributed by atoms with E-state index < -0.39 is 24.0 Å². The highest BCUT2D eigenvalue weighted by Gasteiger charge is 2.51. The lowest BCUT2D eigenvalue weighted by atomic mass is 9.70. The Kier molecular flexibility index (Phi) is 5.80. The minimum absolute atomic E-state index is 0.507. The van der Waals surface area contributed by atoms with Gasteiger partial charge >= 0.3 is 6.18 Å². The topological polar surface area (TPSA) is 0 Å². The maximum absolute atomic E-state index is 13.6. The molecule has 6 aromatic carbocycles. The van der Waals surface area contributed by atoms with Crippen LogP contribution in [0.3, 0.4) is 0 Å². The third-order valence-corrected chi connectivity index (χ3v) is 13.1. The molecule has 4 heteroatoms. The first-order valence-electron chi connectivity index (χ1n) is 14.7. The van der Waals surface area contributed by atoms with Gasteiger partial charge in [-0.2, -0.15) is 13.2 Å². The number of rotatable bonds is 3. The number of aryl methyl sites for hydroxylation is 1. The van der Waals surface area contributed by atoms with Crippen molar-refractivity contribution in [1.82, 2.24) is 0 Å². The van der Waals surface area contributed by atoms with Crippen molar-refractivity contribution < 1.29 is 13.2 Å². The average molecular weight is 597 g/mol. The van der Waals surface area contributed by atoms with Gasteiger partial charge < -0.3 is 0 Å². The van der Waals surface area contributed by atoms with E-state index in [4.69, 9.17) is 6.30 Å². The maximum atomic E-state index is 13.6. The molecule has 44 heavy (non-hydrogen) atoms. The fourth-order valence-electron chi connectivity index (χ4n) is 7.47. The van der Waals surface area contributed by atoms with E-state index in [0.29, 0.717) is 0 Å². The van der Waals surface area contributed by atoms with Gasteiger partial charge in [-0.3, -0.25) is 0 Å². The molecule has 0 N–H and O–H groups in total. The summed E-state index contributed by atoms with van der Waals surface area (Å²) in [6, 6.07) is 46.6. The maximum Gasteiger partial charge on any atom is 0.416 e. The van der Waals surface area contributed by atoms with Crippen LogP contribution in [0.5, 0.6) is 0 Å². The Morgan fingerprint density at radius 2 is 0.909 bits per heavy atom. The van der Waals surface area contributed by atoms with Gasteiger partial charge in [0.2, 0.25) is 0 Å². The Morgan fingerprint density at radius 3 is 1.39 bits per heavy atom. The van der Waals surface area contributed by atoms with Crippen LogP contribution in [0.4, 0.5) is 13.2 Å². The van der Waals surface area contributed by atoms with Crippen LogP contribution in [0.25, 0.3) is 22.3 Å². The van der Waals surface area contributed by atoms with E-state index in [1.165, 1.54) is 56.6 Å². The number of alkyl halides is 3. The van der Waals surface area contributed by atoms with Crippen molar-refractivity contribution in [2.45, 2.75) is 18.5 Å². The summed E-state index contributed by atoms with van der Waals surface area (Å²) >= 11 is 0. The number of benzene rings is 6. The molecular weight excluding hydrogens is 568 g/mol. The minimum Gasteiger partial charge on any atom is -0.166 e. The van der Waals surface area contributed by atoms with E-state index >= 15 is 0 Å². The summed E-state index contributed by atoms with van der Waals surface area (Å²) in [7, 11) is 0. The summed E-state index contributed by atoms with van der Waals surface area (Å²) in [5, 5.41) is 2.87. The van der Waals surface area contributed by atoms with Crippen LogP contribution in [-0.4, -0.2) is 6.30 Å². The van der Waals surface area contributed by atoms with E-state index in [1.807, 2.05) is 6.92 Å². The third-order valence-electron chi connectivity index (χ3n) is 9.53. The monoisotopic (exact) mass is 596 g/mol. The molecular formula is C40H28F3P. The van der Waals surface area contributed by atoms with Gasteiger partial charge in [-0.05, 0) is 92.4 Å². The molecule has 0 aromatic heterocycles. The molecule has 1 spiro atoms. The molecule has 0 saturated heterocycles. The van der Waals surface area contributed by atoms with Gasteiger partial charge in [0.25, 0.3) is 0 Å². The Morgan fingerprint density at radius 1 is 0.500 bits per heavy atom. The van der Waals surface area contributed by atoms with Gasteiger partial charge in [0.15, 0.2) is 0 Å². The van der Waals surface area contributed by atoms with Crippen molar-refractivity contribution in [3.63, 3.8) is 0 Å². The zero-order valence-corrected chi connectivity index (χ0v) is 25.0. The number of hydrogen-bond acceptors (Lipinski definition) is 0. The van der Waals surface area contributed by atoms with Crippen LogP contribution < -0.4 is 15.9 Å². The molecule has 0 saturated carbocycles. The summed E-state index contributed by atoms with van der Waals surface area (Å²) in [5.74, 6) is 0. The Hall–Kier alpha value is -4.59. The predicted molar refractivity (Wildman–Crippen MR) is 178 cm³/mol. The van der Waals surface area contributed by atoms with Crippen molar-refractivity contribution >= 4 is 29.1 Å². The highest BCUT2D eigenvalue weighted by atomic mass is 31.2. The zero-order chi connectivity index (χ0) is 30.3. The third kappa shape index (κ3) is 3.60. The molecule has 1 atom stereocenters.